The third-order valence-electron chi connectivity index (χ3n) is 2.59. The van der Waals surface area contributed by atoms with Crippen LogP contribution in [0.15, 0.2) is 53.4 Å². The highest BCUT2D eigenvalue weighted by Gasteiger charge is 2.31. The molecular weight excluding hydrogens is 307 g/mol. The van der Waals surface area contributed by atoms with Crippen LogP contribution in [-0.2, 0) is 16.2 Å². The van der Waals surface area contributed by atoms with Gasteiger partial charge in [-0.15, -0.1) is 0 Å². The predicted octanol–water partition coefficient (Wildman–Crippen LogP) is 3.21. The molecular formula is C13H10F3NO3S. The zero-order chi connectivity index (χ0) is 15.7. The van der Waals surface area contributed by atoms with Crippen molar-refractivity contribution in [1.82, 2.24) is 0 Å². The summed E-state index contributed by atoms with van der Waals surface area (Å²) in [5.41, 5.74) is -0.915. The van der Waals surface area contributed by atoms with Gasteiger partial charge < -0.3 is 5.11 Å². The molecule has 21 heavy (non-hydrogen) atoms. The number of benzene rings is 2. The molecule has 0 spiro atoms. The van der Waals surface area contributed by atoms with E-state index >= 15 is 0 Å². The van der Waals surface area contributed by atoms with E-state index in [9.17, 15) is 21.6 Å². The molecule has 0 aliphatic carbocycles. The van der Waals surface area contributed by atoms with E-state index in [1.807, 2.05) is 0 Å². The highest BCUT2D eigenvalue weighted by Crippen LogP contribution is 2.30. The summed E-state index contributed by atoms with van der Waals surface area (Å²) in [6.07, 6.45) is -4.62. The van der Waals surface area contributed by atoms with Crippen LogP contribution in [0, 0.1) is 0 Å². The first-order chi connectivity index (χ1) is 9.68. The Bertz CT molecular complexity index is 740. The van der Waals surface area contributed by atoms with Gasteiger partial charge in [-0.1, -0.05) is 6.07 Å². The molecule has 0 unspecified atom stereocenters. The smallest absolute Gasteiger partial charge is 0.416 e. The maximum atomic E-state index is 12.6. The first-order valence-corrected chi connectivity index (χ1v) is 7.16. The minimum atomic E-state index is -4.62. The van der Waals surface area contributed by atoms with Crippen LogP contribution in [0.1, 0.15) is 5.56 Å². The number of nitrogens with one attached hydrogen (secondary N) is 1. The number of anilines is 1. The van der Waals surface area contributed by atoms with Crippen molar-refractivity contribution in [3.8, 4) is 5.75 Å². The number of hydrogen-bond donors (Lipinski definition) is 2. The Morgan fingerprint density at radius 2 is 1.62 bits per heavy atom. The minimum Gasteiger partial charge on any atom is -0.508 e. The molecule has 0 saturated heterocycles. The number of aromatic hydroxyl groups is 1. The highest BCUT2D eigenvalue weighted by atomic mass is 32.2. The number of rotatable bonds is 3. The molecule has 0 amide bonds. The van der Waals surface area contributed by atoms with E-state index in [2.05, 4.69) is 4.72 Å². The van der Waals surface area contributed by atoms with Gasteiger partial charge in [-0.3, -0.25) is 4.72 Å². The summed E-state index contributed by atoms with van der Waals surface area (Å²) in [4.78, 5) is -0.495. The summed E-state index contributed by atoms with van der Waals surface area (Å²) in [5.74, 6) is -0.0583. The second-order valence-corrected chi connectivity index (χ2v) is 5.86. The fraction of sp³-hybridized carbons (Fsp3) is 0.0769. The fourth-order valence-corrected chi connectivity index (χ4v) is 2.69. The zero-order valence-electron chi connectivity index (χ0n) is 10.4. The second kappa shape index (κ2) is 5.28. The van der Waals surface area contributed by atoms with E-state index in [1.54, 1.807) is 0 Å². The molecule has 2 N–H and O–H groups in total. The molecule has 0 saturated carbocycles. The molecule has 8 heteroatoms. The molecule has 2 aromatic carbocycles. The average molecular weight is 317 g/mol. The number of phenolic OH excluding ortho intramolecular Hbond substituents is 1. The van der Waals surface area contributed by atoms with Crippen LogP contribution in [0.3, 0.4) is 0 Å². The standard InChI is InChI=1S/C13H10F3NO3S/c14-13(15,16)9-2-1-3-12(8-9)21(19,20)17-10-4-6-11(18)7-5-10/h1-8,17-18H. The SMILES string of the molecule is O=S(=O)(Nc1ccc(O)cc1)c1cccc(C(F)(F)F)c1. The molecule has 2 rings (SSSR count). The maximum Gasteiger partial charge on any atom is 0.416 e. The second-order valence-electron chi connectivity index (χ2n) is 4.18. The lowest BCUT2D eigenvalue weighted by Gasteiger charge is -2.11. The normalized spacial score (nSPS) is 12.1. The van der Waals surface area contributed by atoms with Crippen molar-refractivity contribution in [3.63, 3.8) is 0 Å². The lowest BCUT2D eigenvalue weighted by atomic mass is 10.2. The summed E-state index contributed by atoms with van der Waals surface area (Å²) in [7, 11) is -4.14. The molecule has 4 nitrogen and oxygen atoms in total. The Morgan fingerprint density at radius 3 is 2.19 bits per heavy atom. The molecule has 0 fully saturated rings. The predicted molar refractivity (Wildman–Crippen MR) is 70.4 cm³/mol. The third kappa shape index (κ3) is 3.66. The third-order valence-corrected chi connectivity index (χ3v) is 3.97. The molecule has 0 heterocycles. The topological polar surface area (TPSA) is 66.4 Å². The van der Waals surface area contributed by atoms with E-state index in [4.69, 9.17) is 5.11 Å². The Labute approximate surface area is 118 Å². The summed E-state index contributed by atoms with van der Waals surface area (Å²) in [6, 6.07) is 8.53. The molecule has 0 aliphatic heterocycles. The Kier molecular flexibility index (Phi) is 3.82. The first-order valence-electron chi connectivity index (χ1n) is 5.67. The van der Waals surface area contributed by atoms with Crippen molar-refractivity contribution in [1.29, 1.82) is 0 Å². The van der Waals surface area contributed by atoms with Crippen molar-refractivity contribution < 1.29 is 26.7 Å². The van der Waals surface area contributed by atoms with Crippen LogP contribution in [0.5, 0.6) is 5.75 Å². The molecule has 0 atom stereocenters. The number of hydrogen-bond acceptors (Lipinski definition) is 3. The molecule has 0 bridgehead atoms. The van der Waals surface area contributed by atoms with Gasteiger partial charge in [0, 0.05) is 5.69 Å². The molecule has 0 radical (unpaired) electrons. The average Bonchev–Trinajstić information content (AvgIpc) is 2.40. The van der Waals surface area contributed by atoms with Crippen LogP contribution in [0.2, 0.25) is 0 Å². The fourth-order valence-electron chi connectivity index (χ4n) is 1.58. The van der Waals surface area contributed by atoms with Crippen molar-refractivity contribution in [2.45, 2.75) is 11.1 Å². The molecule has 112 valence electrons. The van der Waals surface area contributed by atoms with E-state index in [0.717, 1.165) is 18.2 Å². The molecule has 0 aliphatic rings. The van der Waals surface area contributed by atoms with Gasteiger partial charge >= 0.3 is 6.18 Å². The van der Waals surface area contributed by atoms with Gasteiger partial charge in [0.05, 0.1) is 10.5 Å². The van der Waals surface area contributed by atoms with Crippen LogP contribution in [0.4, 0.5) is 18.9 Å². The van der Waals surface area contributed by atoms with Crippen molar-refractivity contribution in [3.05, 3.63) is 54.1 Å². The number of phenols is 1. The lowest BCUT2D eigenvalue weighted by molar-refractivity contribution is -0.137. The highest BCUT2D eigenvalue weighted by molar-refractivity contribution is 7.92. The molecule has 0 aromatic heterocycles. The van der Waals surface area contributed by atoms with Crippen molar-refractivity contribution in [2.24, 2.45) is 0 Å². The Balaban J connectivity index is 2.34. The van der Waals surface area contributed by atoms with Gasteiger partial charge in [0.25, 0.3) is 10.0 Å². The van der Waals surface area contributed by atoms with Crippen molar-refractivity contribution >= 4 is 15.7 Å². The van der Waals surface area contributed by atoms with Gasteiger partial charge in [0.2, 0.25) is 0 Å². The summed E-state index contributed by atoms with van der Waals surface area (Å²) in [6.45, 7) is 0. The van der Waals surface area contributed by atoms with E-state index in [0.29, 0.717) is 6.07 Å². The summed E-state index contributed by atoms with van der Waals surface area (Å²) in [5, 5.41) is 9.10. The zero-order valence-corrected chi connectivity index (χ0v) is 11.2. The summed E-state index contributed by atoms with van der Waals surface area (Å²) >= 11 is 0. The summed E-state index contributed by atoms with van der Waals surface area (Å²) < 4.78 is 63.9. The number of alkyl halides is 3. The largest absolute Gasteiger partial charge is 0.508 e. The van der Waals surface area contributed by atoms with Gasteiger partial charge in [-0.2, -0.15) is 13.2 Å². The lowest BCUT2D eigenvalue weighted by Crippen LogP contribution is -2.14. The van der Waals surface area contributed by atoms with Gasteiger partial charge in [-0.25, -0.2) is 8.42 Å². The van der Waals surface area contributed by atoms with Crippen LogP contribution < -0.4 is 4.72 Å². The minimum absolute atomic E-state index is 0.0583. The van der Waals surface area contributed by atoms with Gasteiger partial charge in [-0.05, 0) is 42.5 Å². The maximum absolute atomic E-state index is 12.6. The van der Waals surface area contributed by atoms with Crippen LogP contribution >= 0.6 is 0 Å². The van der Waals surface area contributed by atoms with Crippen LogP contribution in [0.25, 0.3) is 0 Å². The Morgan fingerprint density at radius 1 is 1.00 bits per heavy atom. The van der Waals surface area contributed by atoms with E-state index in [1.165, 1.54) is 24.3 Å². The Hall–Kier alpha value is -2.22. The quantitative estimate of drug-likeness (QED) is 0.854. The van der Waals surface area contributed by atoms with E-state index in [-0.39, 0.29) is 11.4 Å². The van der Waals surface area contributed by atoms with E-state index < -0.39 is 26.7 Å². The van der Waals surface area contributed by atoms with Gasteiger partial charge in [0.1, 0.15) is 5.75 Å². The van der Waals surface area contributed by atoms with Crippen molar-refractivity contribution in [2.75, 3.05) is 4.72 Å². The number of sulfonamides is 1. The molecule has 2 aromatic rings. The van der Waals surface area contributed by atoms with Gasteiger partial charge in [0.15, 0.2) is 0 Å². The number of halogens is 3. The van der Waals surface area contributed by atoms with Crippen LogP contribution in [-0.4, -0.2) is 13.5 Å². The first kappa shape index (κ1) is 15.2. The monoisotopic (exact) mass is 317 g/mol.